The summed E-state index contributed by atoms with van der Waals surface area (Å²) in [7, 11) is 0. The number of aromatic nitrogens is 4. The van der Waals surface area contributed by atoms with E-state index >= 15 is 0 Å². The summed E-state index contributed by atoms with van der Waals surface area (Å²) in [5.41, 5.74) is 6.29. The average molecular weight is 373 g/mol. The molecule has 4 heteroatoms. The van der Waals surface area contributed by atoms with E-state index in [9.17, 15) is 0 Å². The molecule has 4 aromatic rings. The number of hydrogen-bond donors (Lipinski definition) is 2. The zero-order valence-electron chi connectivity index (χ0n) is 16.9. The van der Waals surface area contributed by atoms with Gasteiger partial charge in [-0.3, -0.25) is 5.10 Å². The SMILES string of the molecule is CCC(C)(C)Cc1c[nH]c(CCc2ccc(-c3cccc4cn[nH]c34)cc2)n1. The Morgan fingerprint density at radius 2 is 1.82 bits per heavy atom. The standard InChI is InChI=1S/C24H28N4/c1-4-24(2,3)14-20-16-25-22(27-20)13-10-17-8-11-18(12-9-17)21-7-5-6-19-15-26-28-23(19)21/h5-9,11-12,15-16H,4,10,13-14H2,1-3H3,(H,25,27)(H,26,28). The lowest BCUT2D eigenvalue weighted by Gasteiger charge is -2.20. The first-order chi connectivity index (χ1) is 13.5. The Balaban J connectivity index is 1.42. The molecule has 0 aliphatic carbocycles. The lowest BCUT2D eigenvalue weighted by Crippen LogP contribution is -2.13. The molecule has 2 aromatic heterocycles. The molecule has 28 heavy (non-hydrogen) atoms. The second-order valence-electron chi connectivity index (χ2n) is 8.37. The first-order valence-corrected chi connectivity index (χ1v) is 10.1. The van der Waals surface area contributed by atoms with Gasteiger partial charge in [0.15, 0.2) is 0 Å². The summed E-state index contributed by atoms with van der Waals surface area (Å²) in [5.74, 6) is 1.08. The molecule has 0 saturated heterocycles. The van der Waals surface area contributed by atoms with E-state index in [1.165, 1.54) is 22.4 Å². The van der Waals surface area contributed by atoms with Gasteiger partial charge in [0.2, 0.25) is 0 Å². The average Bonchev–Trinajstić information content (AvgIpc) is 3.35. The van der Waals surface area contributed by atoms with Gasteiger partial charge in [-0.15, -0.1) is 0 Å². The highest BCUT2D eigenvalue weighted by atomic mass is 15.1. The molecule has 0 spiro atoms. The maximum atomic E-state index is 4.79. The predicted molar refractivity (Wildman–Crippen MR) is 115 cm³/mol. The van der Waals surface area contributed by atoms with Crippen molar-refractivity contribution < 1.29 is 0 Å². The molecule has 2 N–H and O–H groups in total. The number of nitrogens with zero attached hydrogens (tertiary/aromatic N) is 2. The lowest BCUT2D eigenvalue weighted by molar-refractivity contribution is 0.346. The van der Waals surface area contributed by atoms with Crippen LogP contribution in [-0.2, 0) is 19.3 Å². The summed E-state index contributed by atoms with van der Waals surface area (Å²) in [5, 5.41) is 8.41. The Bertz CT molecular complexity index is 1050. The lowest BCUT2D eigenvalue weighted by atomic mass is 9.85. The number of imidazole rings is 1. The van der Waals surface area contributed by atoms with Crippen molar-refractivity contribution in [2.75, 3.05) is 0 Å². The molecule has 0 aliphatic rings. The van der Waals surface area contributed by atoms with Gasteiger partial charge in [-0.1, -0.05) is 69.7 Å². The van der Waals surface area contributed by atoms with E-state index in [1.54, 1.807) is 0 Å². The fourth-order valence-corrected chi connectivity index (χ4v) is 3.56. The van der Waals surface area contributed by atoms with Crippen LogP contribution in [0.2, 0.25) is 0 Å². The van der Waals surface area contributed by atoms with Crippen molar-refractivity contribution in [3.63, 3.8) is 0 Å². The molecule has 2 aromatic carbocycles. The highest BCUT2D eigenvalue weighted by Gasteiger charge is 2.17. The smallest absolute Gasteiger partial charge is 0.106 e. The maximum absolute atomic E-state index is 4.79. The number of nitrogens with one attached hydrogen (secondary N) is 2. The van der Waals surface area contributed by atoms with Crippen molar-refractivity contribution >= 4 is 10.9 Å². The molecule has 0 aliphatic heterocycles. The van der Waals surface area contributed by atoms with Gasteiger partial charge in [0, 0.05) is 23.6 Å². The summed E-state index contributed by atoms with van der Waals surface area (Å²) in [6.07, 6.45) is 8.04. The summed E-state index contributed by atoms with van der Waals surface area (Å²) in [6.45, 7) is 6.84. The summed E-state index contributed by atoms with van der Waals surface area (Å²) < 4.78 is 0. The van der Waals surface area contributed by atoms with Crippen LogP contribution < -0.4 is 0 Å². The Kier molecular flexibility index (Phi) is 5.03. The number of aromatic amines is 2. The number of hydrogen-bond acceptors (Lipinski definition) is 2. The van der Waals surface area contributed by atoms with Gasteiger partial charge in [0.05, 0.1) is 17.4 Å². The number of rotatable bonds is 7. The van der Waals surface area contributed by atoms with E-state index < -0.39 is 0 Å². The van der Waals surface area contributed by atoms with Gasteiger partial charge in [-0.2, -0.15) is 5.10 Å². The van der Waals surface area contributed by atoms with E-state index in [-0.39, 0.29) is 0 Å². The first kappa shape index (κ1) is 18.5. The van der Waals surface area contributed by atoms with Crippen LogP contribution >= 0.6 is 0 Å². The van der Waals surface area contributed by atoms with E-state index in [4.69, 9.17) is 4.98 Å². The number of fused-ring (bicyclic) bond motifs is 1. The minimum absolute atomic E-state index is 0.305. The van der Waals surface area contributed by atoms with Crippen molar-refractivity contribution in [2.45, 2.75) is 46.5 Å². The maximum Gasteiger partial charge on any atom is 0.106 e. The molecule has 4 nitrogen and oxygen atoms in total. The number of para-hydroxylation sites is 1. The Labute approximate surface area is 166 Å². The van der Waals surface area contributed by atoms with Gasteiger partial charge in [0.1, 0.15) is 5.82 Å². The molecule has 0 radical (unpaired) electrons. The van der Waals surface area contributed by atoms with Crippen molar-refractivity contribution in [3.05, 3.63) is 71.9 Å². The van der Waals surface area contributed by atoms with Crippen LogP contribution in [0.1, 0.15) is 44.3 Å². The summed E-state index contributed by atoms with van der Waals surface area (Å²) in [6, 6.07) is 15.1. The molecular weight excluding hydrogens is 344 g/mol. The molecule has 0 unspecified atom stereocenters. The second-order valence-corrected chi connectivity index (χ2v) is 8.37. The highest BCUT2D eigenvalue weighted by molar-refractivity contribution is 5.93. The van der Waals surface area contributed by atoms with E-state index in [1.807, 2.05) is 6.20 Å². The molecule has 0 bridgehead atoms. The number of aryl methyl sites for hydroxylation is 2. The summed E-state index contributed by atoms with van der Waals surface area (Å²) >= 11 is 0. The summed E-state index contributed by atoms with van der Waals surface area (Å²) in [4.78, 5) is 8.14. The molecule has 144 valence electrons. The molecule has 0 fully saturated rings. The Hall–Kier alpha value is -2.88. The third-order valence-electron chi connectivity index (χ3n) is 5.69. The molecule has 0 saturated carbocycles. The molecule has 2 heterocycles. The molecular formula is C24H28N4. The quantitative estimate of drug-likeness (QED) is 0.436. The zero-order chi connectivity index (χ0) is 19.6. The molecule has 0 amide bonds. The van der Waals surface area contributed by atoms with Crippen LogP contribution in [0, 0.1) is 5.41 Å². The van der Waals surface area contributed by atoms with E-state index in [0.717, 1.165) is 42.4 Å². The minimum atomic E-state index is 0.305. The number of benzene rings is 2. The van der Waals surface area contributed by atoms with Crippen molar-refractivity contribution in [3.8, 4) is 11.1 Å². The third-order valence-corrected chi connectivity index (χ3v) is 5.69. The Morgan fingerprint density at radius 1 is 1.00 bits per heavy atom. The predicted octanol–water partition coefficient (Wildman–Crippen LogP) is 5.72. The monoisotopic (exact) mass is 372 g/mol. The van der Waals surface area contributed by atoms with Gasteiger partial charge in [-0.05, 0) is 29.4 Å². The zero-order valence-corrected chi connectivity index (χ0v) is 16.9. The van der Waals surface area contributed by atoms with Crippen LogP contribution in [0.15, 0.2) is 54.9 Å². The van der Waals surface area contributed by atoms with Gasteiger partial charge >= 0.3 is 0 Å². The van der Waals surface area contributed by atoms with E-state index in [2.05, 4.69) is 84.6 Å². The largest absolute Gasteiger partial charge is 0.348 e. The van der Waals surface area contributed by atoms with Crippen LogP contribution in [0.3, 0.4) is 0 Å². The van der Waals surface area contributed by atoms with Crippen LogP contribution in [0.5, 0.6) is 0 Å². The van der Waals surface area contributed by atoms with Gasteiger partial charge in [0.25, 0.3) is 0 Å². The van der Waals surface area contributed by atoms with Gasteiger partial charge < -0.3 is 4.98 Å². The third kappa shape index (κ3) is 4.01. The topological polar surface area (TPSA) is 57.4 Å². The normalized spacial score (nSPS) is 12.0. The van der Waals surface area contributed by atoms with Crippen molar-refractivity contribution in [2.24, 2.45) is 5.41 Å². The second kappa shape index (κ2) is 7.63. The Morgan fingerprint density at radius 3 is 2.61 bits per heavy atom. The van der Waals surface area contributed by atoms with Crippen molar-refractivity contribution in [1.29, 1.82) is 0 Å². The minimum Gasteiger partial charge on any atom is -0.348 e. The van der Waals surface area contributed by atoms with Crippen molar-refractivity contribution in [1.82, 2.24) is 20.2 Å². The highest BCUT2D eigenvalue weighted by Crippen LogP contribution is 2.27. The number of H-pyrrole nitrogens is 2. The van der Waals surface area contributed by atoms with Crippen LogP contribution in [0.25, 0.3) is 22.0 Å². The fourth-order valence-electron chi connectivity index (χ4n) is 3.56. The van der Waals surface area contributed by atoms with E-state index in [0.29, 0.717) is 5.41 Å². The van der Waals surface area contributed by atoms with Crippen LogP contribution in [0.4, 0.5) is 0 Å². The molecule has 0 atom stereocenters. The first-order valence-electron chi connectivity index (χ1n) is 10.1. The molecule has 4 rings (SSSR count). The fraction of sp³-hybridized carbons (Fsp3) is 0.333. The van der Waals surface area contributed by atoms with Crippen LogP contribution in [-0.4, -0.2) is 20.2 Å². The van der Waals surface area contributed by atoms with Gasteiger partial charge in [-0.25, -0.2) is 4.98 Å².